The molecule has 0 bridgehead atoms. The third-order valence-electron chi connectivity index (χ3n) is 3.86. The molecule has 0 aromatic rings. The van der Waals surface area contributed by atoms with E-state index in [1.807, 2.05) is 27.7 Å². The molecule has 2 amide bonds. The fourth-order valence-corrected chi connectivity index (χ4v) is 2.29. The van der Waals surface area contributed by atoms with E-state index in [9.17, 15) is 19.2 Å². The van der Waals surface area contributed by atoms with Crippen molar-refractivity contribution in [3.05, 3.63) is 0 Å². The summed E-state index contributed by atoms with van der Waals surface area (Å²) in [7, 11) is 0. The standard InChI is InChI=1S/C18H32N2O6/c1-13(2)15(19-11-21)17(23)25-9-7-5-6-8-10-26-18(24)16(14(3)4)20-12-22/h11-16H,5-10H2,1-4H3,(H,19,21)(H,20,22). The number of nitrogens with one attached hydrogen (secondary N) is 2. The predicted molar refractivity (Wildman–Crippen MR) is 96.0 cm³/mol. The number of carbonyl (C=O) groups is 4. The predicted octanol–water partition coefficient (Wildman–Crippen LogP) is 1.17. The Bertz CT molecular complexity index is 399. The molecule has 0 aliphatic rings. The Morgan fingerprint density at radius 2 is 1.08 bits per heavy atom. The van der Waals surface area contributed by atoms with E-state index in [0.717, 1.165) is 12.8 Å². The minimum absolute atomic E-state index is 0.0363. The van der Waals surface area contributed by atoms with Crippen LogP contribution in [-0.4, -0.2) is 50.1 Å². The lowest BCUT2D eigenvalue weighted by molar-refractivity contribution is -0.149. The molecule has 0 aliphatic carbocycles. The molecule has 150 valence electrons. The van der Waals surface area contributed by atoms with Gasteiger partial charge in [-0.3, -0.25) is 9.59 Å². The largest absolute Gasteiger partial charge is 0.464 e. The zero-order chi connectivity index (χ0) is 19.9. The van der Waals surface area contributed by atoms with Crippen LogP contribution in [0.2, 0.25) is 0 Å². The van der Waals surface area contributed by atoms with Crippen LogP contribution in [0.25, 0.3) is 0 Å². The van der Waals surface area contributed by atoms with Gasteiger partial charge in [-0.25, -0.2) is 9.59 Å². The molecular formula is C18H32N2O6. The van der Waals surface area contributed by atoms with Crippen LogP contribution in [0.4, 0.5) is 0 Å². The number of esters is 2. The SMILES string of the molecule is CC(C)C(NC=O)C(=O)OCCCCCCOC(=O)C(NC=O)C(C)C. The second kappa shape index (κ2) is 14.1. The first-order valence-corrected chi connectivity index (χ1v) is 9.07. The maximum absolute atomic E-state index is 11.8. The number of ether oxygens (including phenoxy) is 2. The maximum Gasteiger partial charge on any atom is 0.328 e. The highest BCUT2D eigenvalue weighted by Gasteiger charge is 2.23. The van der Waals surface area contributed by atoms with Gasteiger partial charge < -0.3 is 20.1 Å². The minimum atomic E-state index is -0.624. The Balaban J connectivity index is 3.81. The highest BCUT2D eigenvalue weighted by Crippen LogP contribution is 2.07. The van der Waals surface area contributed by atoms with Crippen LogP contribution < -0.4 is 10.6 Å². The monoisotopic (exact) mass is 372 g/mol. The quantitative estimate of drug-likeness (QED) is 0.254. The molecule has 0 aromatic heterocycles. The number of unbranched alkanes of at least 4 members (excludes halogenated alkanes) is 3. The molecule has 8 nitrogen and oxygen atoms in total. The van der Waals surface area contributed by atoms with Gasteiger partial charge in [-0.1, -0.05) is 27.7 Å². The van der Waals surface area contributed by atoms with Crippen molar-refractivity contribution in [1.29, 1.82) is 0 Å². The normalized spacial score (nSPS) is 13.0. The molecule has 2 atom stereocenters. The van der Waals surface area contributed by atoms with E-state index in [4.69, 9.17) is 9.47 Å². The van der Waals surface area contributed by atoms with Gasteiger partial charge in [0.15, 0.2) is 0 Å². The van der Waals surface area contributed by atoms with Crippen molar-refractivity contribution in [2.45, 2.75) is 65.5 Å². The molecule has 0 radical (unpaired) electrons. The van der Waals surface area contributed by atoms with E-state index in [2.05, 4.69) is 10.6 Å². The molecule has 0 spiro atoms. The average molecular weight is 372 g/mol. The van der Waals surface area contributed by atoms with Crippen molar-refractivity contribution in [3.8, 4) is 0 Å². The fraction of sp³-hybridized carbons (Fsp3) is 0.778. The summed E-state index contributed by atoms with van der Waals surface area (Å²) < 4.78 is 10.3. The first-order chi connectivity index (χ1) is 12.3. The fourth-order valence-electron chi connectivity index (χ4n) is 2.29. The first kappa shape index (κ1) is 23.9. The average Bonchev–Trinajstić information content (AvgIpc) is 2.58. The van der Waals surface area contributed by atoms with Crippen LogP contribution in [0.1, 0.15) is 53.4 Å². The van der Waals surface area contributed by atoms with E-state index in [1.165, 1.54) is 0 Å². The molecule has 0 fully saturated rings. The number of hydrogen-bond donors (Lipinski definition) is 2. The van der Waals surface area contributed by atoms with Gasteiger partial charge in [0, 0.05) is 0 Å². The maximum atomic E-state index is 11.8. The molecule has 8 heteroatoms. The molecule has 0 saturated carbocycles. The minimum Gasteiger partial charge on any atom is -0.464 e. The van der Waals surface area contributed by atoms with Crippen LogP contribution in [-0.2, 0) is 28.7 Å². The van der Waals surface area contributed by atoms with Crippen LogP contribution in [0, 0.1) is 11.8 Å². The Hall–Kier alpha value is -2.12. The van der Waals surface area contributed by atoms with E-state index in [-0.39, 0.29) is 11.8 Å². The second-order valence-electron chi connectivity index (χ2n) is 6.76. The van der Waals surface area contributed by atoms with Gasteiger partial charge in [-0.05, 0) is 37.5 Å². The van der Waals surface area contributed by atoms with Crippen molar-refractivity contribution in [2.24, 2.45) is 11.8 Å². The van der Waals surface area contributed by atoms with Crippen molar-refractivity contribution >= 4 is 24.8 Å². The zero-order valence-electron chi connectivity index (χ0n) is 16.2. The molecule has 0 saturated heterocycles. The Morgan fingerprint density at radius 1 is 0.731 bits per heavy atom. The lowest BCUT2D eigenvalue weighted by Gasteiger charge is -2.18. The molecule has 2 N–H and O–H groups in total. The third kappa shape index (κ3) is 10.0. The summed E-state index contributed by atoms with van der Waals surface area (Å²) in [5.74, 6) is -0.927. The Labute approximate surface area is 155 Å². The lowest BCUT2D eigenvalue weighted by Crippen LogP contribution is -2.41. The molecule has 0 aromatic carbocycles. The summed E-state index contributed by atoms with van der Waals surface area (Å²) in [6.07, 6.45) is 4.07. The molecule has 26 heavy (non-hydrogen) atoms. The van der Waals surface area contributed by atoms with E-state index >= 15 is 0 Å². The van der Waals surface area contributed by atoms with Crippen molar-refractivity contribution in [3.63, 3.8) is 0 Å². The highest BCUT2D eigenvalue weighted by atomic mass is 16.5. The summed E-state index contributed by atoms with van der Waals surface area (Å²) in [6, 6.07) is -1.25. The van der Waals surface area contributed by atoms with Crippen molar-refractivity contribution in [1.82, 2.24) is 10.6 Å². The zero-order valence-corrected chi connectivity index (χ0v) is 16.2. The molecule has 0 rings (SSSR count). The molecule has 2 unspecified atom stereocenters. The first-order valence-electron chi connectivity index (χ1n) is 9.07. The molecular weight excluding hydrogens is 340 g/mol. The number of hydrogen-bond acceptors (Lipinski definition) is 6. The van der Waals surface area contributed by atoms with Gasteiger partial charge >= 0.3 is 11.9 Å². The lowest BCUT2D eigenvalue weighted by atomic mass is 10.1. The summed E-state index contributed by atoms with van der Waals surface area (Å²) in [5, 5.41) is 4.91. The van der Waals surface area contributed by atoms with Gasteiger partial charge in [0.2, 0.25) is 12.8 Å². The van der Waals surface area contributed by atoms with Crippen LogP contribution in [0.3, 0.4) is 0 Å². The number of carbonyl (C=O) groups excluding carboxylic acids is 4. The van der Waals surface area contributed by atoms with E-state index < -0.39 is 24.0 Å². The van der Waals surface area contributed by atoms with Gasteiger partial charge in [0.25, 0.3) is 0 Å². The van der Waals surface area contributed by atoms with E-state index in [1.54, 1.807) is 0 Å². The van der Waals surface area contributed by atoms with Crippen LogP contribution >= 0.6 is 0 Å². The third-order valence-corrected chi connectivity index (χ3v) is 3.86. The van der Waals surface area contributed by atoms with Crippen LogP contribution in [0.5, 0.6) is 0 Å². The van der Waals surface area contributed by atoms with E-state index in [0.29, 0.717) is 38.9 Å². The molecule has 0 aliphatic heterocycles. The topological polar surface area (TPSA) is 111 Å². The van der Waals surface area contributed by atoms with Gasteiger partial charge in [0.05, 0.1) is 13.2 Å². The van der Waals surface area contributed by atoms with Crippen molar-refractivity contribution < 1.29 is 28.7 Å². The smallest absolute Gasteiger partial charge is 0.328 e. The summed E-state index contributed by atoms with van der Waals surface area (Å²) in [5.41, 5.74) is 0. The highest BCUT2D eigenvalue weighted by molar-refractivity contribution is 5.79. The Kier molecular flexibility index (Phi) is 12.9. The van der Waals surface area contributed by atoms with Gasteiger partial charge in [-0.15, -0.1) is 0 Å². The van der Waals surface area contributed by atoms with Gasteiger partial charge in [0.1, 0.15) is 12.1 Å². The Morgan fingerprint density at radius 3 is 1.35 bits per heavy atom. The number of amides is 2. The second-order valence-corrected chi connectivity index (χ2v) is 6.76. The summed E-state index contributed by atoms with van der Waals surface area (Å²) in [6.45, 7) is 7.91. The van der Waals surface area contributed by atoms with Crippen molar-refractivity contribution in [2.75, 3.05) is 13.2 Å². The van der Waals surface area contributed by atoms with Crippen LogP contribution in [0.15, 0.2) is 0 Å². The summed E-state index contributed by atoms with van der Waals surface area (Å²) in [4.78, 5) is 44.6. The number of rotatable bonds is 15. The molecule has 0 heterocycles. The summed E-state index contributed by atoms with van der Waals surface area (Å²) >= 11 is 0. The van der Waals surface area contributed by atoms with Gasteiger partial charge in [-0.2, -0.15) is 0 Å².